The molecule has 0 amide bonds. The third-order valence-electron chi connectivity index (χ3n) is 5.14. The van der Waals surface area contributed by atoms with Crippen LogP contribution in [0.2, 0.25) is 5.02 Å². The highest BCUT2D eigenvalue weighted by molar-refractivity contribution is 7.85. The van der Waals surface area contributed by atoms with E-state index in [1.165, 1.54) is 29.5 Å². The molecule has 1 heterocycles. The number of azo groups is 1. The van der Waals surface area contributed by atoms with Gasteiger partial charge in [0.25, 0.3) is 10.1 Å². The van der Waals surface area contributed by atoms with E-state index in [4.69, 9.17) is 11.6 Å². The summed E-state index contributed by atoms with van der Waals surface area (Å²) in [6, 6.07) is 18.0. The Morgan fingerprint density at radius 1 is 1.09 bits per heavy atom. The van der Waals surface area contributed by atoms with Gasteiger partial charge in [-0.15, -0.1) is 10.2 Å². The van der Waals surface area contributed by atoms with E-state index < -0.39 is 10.1 Å². The van der Waals surface area contributed by atoms with Crippen molar-refractivity contribution in [2.24, 2.45) is 10.2 Å². The molecule has 0 aliphatic carbocycles. The summed E-state index contributed by atoms with van der Waals surface area (Å²) in [5, 5.41) is 9.71. The third kappa shape index (κ3) is 5.39. The summed E-state index contributed by atoms with van der Waals surface area (Å²) >= 11 is 7.53. The molecule has 0 spiro atoms. The van der Waals surface area contributed by atoms with Gasteiger partial charge in [-0.1, -0.05) is 41.1 Å². The minimum Gasteiger partial charge on any atom is -0.367 e. The minimum atomic E-state index is -4.27. The van der Waals surface area contributed by atoms with E-state index in [0.29, 0.717) is 27.6 Å². The van der Waals surface area contributed by atoms with E-state index in [-0.39, 0.29) is 4.90 Å². The second kappa shape index (κ2) is 9.56. The van der Waals surface area contributed by atoms with Crippen LogP contribution in [0.25, 0.3) is 10.2 Å². The van der Waals surface area contributed by atoms with Crippen LogP contribution in [0.3, 0.4) is 0 Å². The van der Waals surface area contributed by atoms with Gasteiger partial charge in [-0.3, -0.25) is 4.55 Å². The van der Waals surface area contributed by atoms with Gasteiger partial charge in [0.15, 0.2) is 0 Å². The molecule has 4 aromatic rings. The van der Waals surface area contributed by atoms with E-state index in [1.807, 2.05) is 43.3 Å². The highest BCUT2D eigenvalue weighted by atomic mass is 35.5. The molecule has 3 aromatic carbocycles. The lowest BCUT2D eigenvalue weighted by atomic mass is 10.1. The van der Waals surface area contributed by atoms with Crippen molar-refractivity contribution in [3.05, 3.63) is 76.8 Å². The van der Waals surface area contributed by atoms with E-state index in [0.717, 1.165) is 28.4 Å². The van der Waals surface area contributed by atoms with Gasteiger partial charge in [-0.05, 0) is 67.4 Å². The van der Waals surface area contributed by atoms with Crippen LogP contribution < -0.4 is 4.90 Å². The number of halogens is 1. The largest absolute Gasteiger partial charge is 0.367 e. The van der Waals surface area contributed by atoms with Crippen LogP contribution in [0.1, 0.15) is 18.1 Å². The van der Waals surface area contributed by atoms with Gasteiger partial charge >= 0.3 is 0 Å². The van der Waals surface area contributed by atoms with Crippen LogP contribution in [0, 0.1) is 6.92 Å². The molecular weight excluding hydrogens is 480 g/mol. The zero-order valence-corrected chi connectivity index (χ0v) is 20.3. The van der Waals surface area contributed by atoms with E-state index in [1.54, 1.807) is 0 Å². The molecule has 170 valence electrons. The maximum absolute atomic E-state index is 11.3. The predicted octanol–water partition coefficient (Wildman–Crippen LogP) is 6.95. The highest BCUT2D eigenvalue weighted by Crippen LogP contribution is 2.32. The Morgan fingerprint density at radius 2 is 1.88 bits per heavy atom. The average molecular weight is 501 g/mol. The number of thiazole rings is 1. The predicted molar refractivity (Wildman–Crippen MR) is 133 cm³/mol. The molecule has 33 heavy (non-hydrogen) atoms. The Balaban J connectivity index is 1.55. The molecule has 1 aromatic heterocycles. The summed E-state index contributed by atoms with van der Waals surface area (Å²) in [4.78, 5) is 6.41. The second-order valence-electron chi connectivity index (χ2n) is 7.38. The number of aromatic nitrogens is 1. The number of hydrogen-bond donors (Lipinski definition) is 1. The fourth-order valence-corrected chi connectivity index (χ4v) is 4.96. The Kier molecular flexibility index (Phi) is 6.76. The van der Waals surface area contributed by atoms with Gasteiger partial charge in [-0.25, -0.2) is 4.98 Å². The van der Waals surface area contributed by atoms with Crippen LogP contribution in [0.15, 0.2) is 75.8 Å². The molecule has 0 bridgehead atoms. The van der Waals surface area contributed by atoms with Gasteiger partial charge < -0.3 is 4.90 Å². The second-order valence-corrected chi connectivity index (χ2v) is 10.2. The van der Waals surface area contributed by atoms with Crippen LogP contribution in [0.4, 0.5) is 16.5 Å². The zero-order chi connectivity index (χ0) is 23.6. The van der Waals surface area contributed by atoms with Crippen molar-refractivity contribution in [2.75, 3.05) is 11.4 Å². The van der Waals surface area contributed by atoms with Gasteiger partial charge in [0.2, 0.25) is 5.13 Å². The summed E-state index contributed by atoms with van der Waals surface area (Å²) in [5.41, 5.74) is 4.39. The highest BCUT2D eigenvalue weighted by Gasteiger charge is 2.13. The van der Waals surface area contributed by atoms with Gasteiger partial charge in [0, 0.05) is 23.8 Å². The summed E-state index contributed by atoms with van der Waals surface area (Å²) in [6.07, 6.45) is 0. The summed E-state index contributed by atoms with van der Waals surface area (Å²) in [6.45, 7) is 5.59. The molecule has 0 aliphatic rings. The third-order valence-corrected chi connectivity index (χ3v) is 7.26. The van der Waals surface area contributed by atoms with Gasteiger partial charge in [-0.2, -0.15) is 8.42 Å². The lowest BCUT2D eigenvalue weighted by Crippen LogP contribution is -2.22. The number of fused-ring (bicyclic) bond motifs is 1. The smallest absolute Gasteiger partial charge is 0.294 e. The molecule has 0 radical (unpaired) electrons. The molecule has 0 atom stereocenters. The summed E-state index contributed by atoms with van der Waals surface area (Å²) in [5.74, 6) is 0. The van der Waals surface area contributed by atoms with Crippen molar-refractivity contribution < 1.29 is 13.0 Å². The average Bonchev–Trinajstić information content (AvgIpc) is 3.19. The Labute approximate surface area is 201 Å². The molecule has 0 unspecified atom stereocenters. The van der Waals surface area contributed by atoms with Crippen LogP contribution in [-0.2, 0) is 16.7 Å². The number of hydrogen-bond acceptors (Lipinski definition) is 7. The first-order valence-electron chi connectivity index (χ1n) is 10.1. The normalized spacial score (nSPS) is 12.0. The number of benzene rings is 3. The Bertz CT molecular complexity index is 1450. The molecule has 0 fully saturated rings. The lowest BCUT2D eigenvalue weighted by Gasteiger charge is -2.24. The Hall–Kier alpha value is -2.85. The molecular formula is C23H21ClN4O3S2. The van der Waals surface area contributed by atoms with E-state index >= 15 is 0 Å². The van der Waals surface area contributed by atoms with Crippen molar-refractivity contribution in [2.45, 2.75) is 25.3 Å². The minimum absolute atomic E-state index is 0.175. The van der Waals surface area contributed by atoms with Crippen molar-refractivity contribution in [3.8, 4) is 0 Å². The SMILES string of the molecule is CCN(Cc1ccccc1Cl)c1ccc(N=Nc2nc3ccc(S(=O)(=O)O)cc3s2)c(C)c1. The van der Waals surface area contributed by atoms with E-state index in [9.17, 15) is 13.0 Å². The number of anilines is 1. The van der Waals surface area contributed by atoms with Gasteiger partial charge in [0.05, 0.1) is 20.8 Å². The summed E-state index contributed by atoms with van der Waals surface area (Å²) < 4.78 is 32.5. The number of aryl methyl sites for hydroxylation is 1. The monoisotopic (exact) mass is 500 g/mol. The van der Waals surface area contributed by atoms with Crippen molar-refractivity contribution in [1.82, 2.24) is 4.98 Å². The molecule has 4 rings (SSSR count). The van der Waals surface area contributed by atoms with E-state index in [2.05, 4.69) is 33.1 Å². The number of nitrogens with zero attached hydrogens (tertiary/aromatic N) is 4. The van der Waals surface area contributed by atoms with Gasteiger partial charge in [0.1, 0.15) is 0 Å². The zero-order valence-electron chi connectivity index (χ0n) is 17.9. The molecule has 0 saturated heterocycles. The van der Waals surface area contributed by atoms with Crippen LogP contribution in [-0.4, -0.2) is 24.5 Å². The maximum Gasteiger partial charge on any atom is 0.294 e. The molecule has 1 N–H and O–H groups in total. The first-order valence-corrected chi connectivity index (χ1v) is 12.8. The Morgan fingerprint density at radius 3 is 2.58 bits per heavy atom. The standard InChI is InChI=1S/C23H21ClN4O3S2/c1-3-28(14-16-6-4-5-7-19(16)24)17-8-10-20(15(2)12-17)26-27-23-25-21-11-9-18(33(29,30)31)13-22(21)32-23/h4-13H,3,14H2,1-2H3,(H,29,30,31). The van der Waals surface area contributed by atoms with Crippen molar-refractivity contribution in [3.63, 3.8) is 0 Å². The fraction of sp³-hybridized carbons (Fsp3) is 0.174. The molecule has 0 saturated carbocycles. The van der Waals surface area contributed by atoms with Crippen molar-refractivity contribution >= 4 is 59.8 Å². The van der Waals surface area contributed by atoms with Crippen LogP contribution in [0.5, 0.6) is 0 Å². The summed E-state index contributed by atoms with van der Waals surface area (Å²) in [7, 11) is -4.27. The van der Waals surface area contributed by atoms with Crippen LogP contribution >= 0.6 is 22.9 Å². The first kappa shape index (κ1) is 23.3. The first-order chi connectivity index (χ1) is 15.7. The van der Waals surface area contributed by atoms with Crippen molar-refractivity contribution in [1.29, 1.82) is 0 Å². The molecule has 7 nitrogen and oxygen atoms in total. The maximum atomic E-state index is 11.3. The fourth-order valence-electron chi connectivity index (χ4n) is 3.36. The molecule has 10 heteroatoms. The molecule has 0 aliphatic heterocycles. The topological polar surface area (TPSA) is 95.2 Å². The quantitative estimate of drug-likeness (QED) is 0.219. The number of rotatable bonds is 7. The lowest BCUT2D eigenvalue weighted by molar-refractivity contribution is 0.483.